The molecule has 0 aromatic heterocycles. The number of fused-ring (bicyclic) bond motifs is 4. The molecule has 3 aliphatic heterocycles. The van der Waals surface area contributed by atoms with Crippen LogP contribution in [0.2, 0.25) is 0 Å². The maximum Gasteiger partial charge on any atom is 0.227 e. The van der Waals surface area contributed by atoms with Crippen molar-refractivity contribution in [1.82, 2.24) is 9.80 Å². The van der Waals surface area contributed by atoms with Crippen LogP contribution in [-0.2, 0) is 11.2 Å². The topological polar surface area (TPSA) is 43.8 Å². The second-order valence-corrected chi connectivity index (χ2v) is 7.99. The van der Waals surface area contributed by atoms with Crippen LogP contribution in [0.1, 0.15) is 37.7 Å². The molecule has 1 aliphatic carbocycles. The van der Waals surface area contributed by atoms with E-state index in [1.54, 1.807) is 12.1 Å². The van der Waals surface area contributed by atoms with Gasteiger partial charge in [0.25, 0.3) is 0 Å². The van der Waals surface area contributed by atoms with Crippen LogP contribution in [0.5, 0.6) is 5.75 Å². The predicted octanol–water partition coefficient (Wildman–Crippen LogP) is 2.66. The molecule has 130 valence electrons. The van der Waals surface area contributed by atoms with Crippen LogP contribution in [-0.4, -0.2) is 53.0 Å². The standard InChI is InChI=1S/C20H28N2O2/c23-19-8-5-15(6-9-19)10-20(24)22-13-17-4-7-18(14-22)21(12-17)11-16-2-1-3-16/h5-6,8-9,16-18,23H,1-4,7,10-14H2/t17-,18-/m1/s1. The summed E-state index contributed by atoms with van der Waals surface area (Å²) in [6.45, 7) is 4.26. The molecule has 4 aliphatic rings. The van der Waals surface area contributed by atoms with Crippen LogP contribution in [0.15, 0.2) is 24.3 Å². The van der Waals surface area contributed by atoms with Gasteiger partial charge < -0.3 is 10.0 Å². The monoisotopic (exact) mass is 328 g/mol. The van der Waals surface area contributed by atoms with Gasteiger partial charge >= 0.3 is 0 Å². The quantitative estimate of drug-likeness (QED) is 0.924. The number of hydrogen-bond acceptors (Lipinski definition) is 3. The van der Waals surface area contributed by atoms with E-state index in [1.165, 1.54) is 45.2 Å². The summed E-state index contributed by atoms with van der Waals surface area (Å²) in [5.41, 5.74) is 0.987. The molecular formula is C20H28N2O2. The van der Waals surface area contributed by atoms with Crippen molar-refractivity contribution >= 4 is 5.91 Å². The lowest BCUT2D eigenvalue weighted by Gasteiger charge is -2.40. The molecule has 4 heteroatoms. The van der Waals surface area contributed by atoms with Crippen molar-refractivity contribution in [3.8, 4) is 5.75 Å². The summed E-state index contributed by atoms with van der Waals surface area (Å²) in [6, 6.07) is 7.59. The van der Waals surface area contributed by atoms with Crippen molar-refractivity contribution in [2.75, 3.05) is 26.2 Å². The molecule has 1 saturated carbocycles. The fraction of sp³-hybridized carbons (Fsp3) is 0.650. The minimum Gasteiger partial charge on any atom is -0.508 e. The lowest BCUT2D eigenvalue weighted by atomic mass is 9.83. The first-order valence-electron chi connectivity index (χ1n) is 9.47. The summed E-state index contributed by atoms with van der Waals surface area (Å²) in [6.07, 6.45) is 7.18. The van der Waals surface area contributed by atoms with Gasteiger partial charge in [-0.25, -0.2) is 0 Å². The molecular weight excluding hydrogens is 300 g/mol. The van der Waals surface area contributed by atoms with Crippen LogP contribution in [0.4, 0.5) is 0 Å². The largest absolute Gasteiger partial charge is 0.508 e. The molecule has 5 rings (SSSR count). The summed E-state index contributed by atoms with van der Waals surface area (Å²) in [7, 11) is 0. The molecule has 1 aromatic rings. The Morgan fingerprint density at radius 2 is 1.83 bits per heavy atom. The van der Waals surface area contributed by atoms with Crippen LogP contribution in [0.25, 0.3) is 0 Å². The van der Waals surface area contributed by atoms with Gasteiger partial charge in [0.15, 0.2) is 0 Å². The van der Waals surface area contributed by atoms with Crippen molar-refractivity contribution in [2.45, 2.75) is 44.6 Å². The highest BCUT2D eigenvalue weighted by Gasteiger charge is 2.37. The van der Waals surface area contributed by atoms with E-state index in [9.17, 15) is 9.90 Å². The van der Waals surface area contributed by atoms with Crippen LogP contribution >= 0.6 is 0 Å². The van der Waals surface area contributed by atoms with Crippen molar-refractivity contribution in [3.05, 3.63) is 29.8 Å². The predicted molar refractivity (Wildman–Crippen MR) is 93.8 cm³/mol. The first-order valence-corrected chi connectivity index (χ1v) is 9.47. The number of hydrogen-bond donors (Lipinski definition) is 1. The molecule has 3 saturated heterocycles. The minimum absolute atomic E-state index is 0.239. The number of nitrogens with zero attached hydrogens (tertiary/aromatic N) is 2. The normalized spacial score (nSPS) is 27.8. The van der Waals surface area contributed by atoms with E-state index in [2.05, 4.69) is 9.80 Å². The van der Waals surface area contributed by atoms with E-state index in [0.29, 0.717) is 18.4 Å². The van der Waals surface area contributed by atoms with Crippen LogP contribution < -0.4 is 0 Å². The highest BCUT2D eigenvalue weighted by Crippen LogP contribution is 2.33. The Labute approximate surface area is 144 Å². The van der Waals surface area contributed by atoms with E-state index < -0.39 is 0 Å². The number of aromatic hydroxyl groups is 1. The average molecular weight is 328 g/mol. The Kier molecular flexibility index (Phi) is 4.49. The molecule has 0 radical (unpaired) electrons. The van der Waals surface area contributed by atoms with Crippen molar-refractivity contribution in [3.63, 3.8) is 0 Å². The third-order valence-electron chi connectivity index (χ3n) is 6.19. The number of amides is 1. The van der Waals surface area contributed by atoms with Crippen LogP contribution in [0.3, 0.4) is 0 Å². The zero-order valence-corrected chi connectivity index (χ0v) is 14.4. The lowest BCUT2D eigenvalue weighted by molar-refractivity contribution is -0.130. The maximum atomic E-state index is 12.8. The summed E-state index contributed by atoms with van der Waals surface area (Å²) in [5, 5.41) is 9.38. The number of phenols is 1. The molecule has 1 amide bonds. The van der Waals surface area contributed by atoms with Gasteiger partial charge in [-0.05, 0) is 55.2 Å². The average Bonchev–Trinajstić information content (AvgIpc) is 2.85. The highest BCUT2D eigenvalue weighted by molar-refractivity contribution is 5.79. The number of rotatable bonds is 4. The van der Waals surface area contributed by atoms with Gasteiger partial charge in [-0.15, -0.1) is 0 Å². The second kappa shape index (κ2) is 6.75. The lowest BCUT2D eigenvalue weighted by Crippen LogP contribution is -2.47. The van der Waals surface area contributed by atoms with E-state index in [0.717, 1.165) is 24.6 Å². The van der Waals surface area contributed by atoms with Gasteiger partial charge in [-0.2, -0.15) is 0 Å². The number of carbonyl (C=O) groups is 1. The number of benzene rings is 1. The van der Waals surface area contributed by atoms with Crippen molar-refractivity contribution < 1.29 is 9.90 Å². The minimum atomic E-state index is 0.239. The first-order chi connectivity index (χ1) is 11.7. The molecule has 3 heterocycles. The molecule has 2 bridgehead atoms. The Bertz CT molecular complexity index is 582. The Hall–Kier alpha value is -1.55. The van der Waals surface area contributed by atoms with E-state index in [-0.39, 0.29) is 11.7 Å². The van der Waals surface area contributed by atoms with E-state index >= 15 is 0 Å². The molecule has 2 atom stereocenters. The SMILES string of the molecule is O=C(Cc1ccc(O)cc1)N1C[C@@H]2CC[C@H](C1)N(CC1CCC1)C2. The first kappa shape index (κ1) is 15.9. The van der Waals surface area contributed by atoms with E-state index in [4.69, 9.17) is 0 Å². The Balaban J connectivity index is 1.39. The molecule has 1 aromatic carbocycles. The summed E-state index contributed by atoms with van der Waals surface area (Å²) in [5.74, 6) is 2.05. The van der Waals surface area contributed by atoms with Gasteiger partial charge in [0.05, 0.1) is 6.42 Å². The molecule has 0 unspecified atom stereocenters. The maximum absolute atomic E-state index is 12.8. The van der Waals surface area contributed by atoms with Crippen molar-refractivity contribution in [2.24, 2.45) is 11.8 Å². The summed E-state index contributed by atoms with van der Waals surface area (Å²) >= 11 is 0. The van der Waals surface area contributed by atoms with Gasteiger partial charge in [0.1, 0.15) is 5.75 Å². The van der Waals surface area contributed by atoms with E-state index in [1.807, 2.05) is 12.1 Å². The summed E-state index contributed by atoms with van der Waals surface area (Å²) < 4.78 is 0. The van der Waals surface area contributed by atoms with Crippen molar-refractivity contribution in [1.29, 1.82) is 0 Å². The third kappa shape index (κ3) is 3.44. The molecule has 4 fully saturated rings. The number of carbonyl (C=O) groups excluding carboxylic acids is 1. The number of phenolic OH excluding ortho intramolecular Hbond substituents is 1. The second-order valence-electron chi connectivity index (χ2n) is 7.99. The molecule has 0 spiro atoms. The smallest absolute Gasteiger partial charge is 0.227 e. The number of piperidine rings is 1. The van der Waals surface area contributed by atoms with Gasteiger partial charge in [-0.1, -0.05) is 18.6 Å². The molecule has 1 N–H and O–H groups in total. The Morgan fingerprint density at radius 1 is 1.04 bits per heavy atom. The van der Waals surface area contributed by atoms with Crippen LogP contribution in [0, 0.1) is 11.8 Å². The van der Waals surface area contributed by atoms with Gasteiger partial charge in [0.2, 0.25) is 5.91 Å². The Morgan fingerprint density at radius 3 is 2.54 bits per heavy atom. The third-order valence-corrected chi connectivity index (χ3v) is 6.19. The molecule has 4 nitrogen and oxygen atoms in total. The highest BCUT2D eigenvalue weighted by atomic mass is 16.3. The zero-order valence-electron chi connectivity index (χ0n) is 14.4. The zero-order chi connectivity index (χ0) is 16.5. The van der Waals surface area contributed by atoms with Gasteiger partial charge in [0, 0.05) is 32.2 Å². The fourth-order valence-corrected chi connectivity index (χ4v) is 4.51. The van der Waals surface area contributed by atoms with Gasteiger partial charge in [-0.3, -0.25) is 9.69 Å². The fourth-order valence-electron chi connectivity index (χ4n) is 4.51. The molecule has 24 heavy (non-hydrogen) atoms. The summed E-state index contributed by atoms with van der Waals surface area (Å²) in [4.78, 5) is 17.6.